The highest BCUT2D eigenvalue weighted by Crippen LogP contribution is 2.18. The topological polar surface area (TPSA) is 37.6 Å². The average Bonchev–Trinajstić information content (AvgIpc) is 2.84. The largest absolute Gasteiger partial charge is 0.468 e. The number of furan rings is 1. The molecule has 2 rings (SSSR count). The molecule has 4 nitrogen and oxygen atoms in total. The predicted molar refractivity (Wildman–Crippen MR) is 76.0 cm³/mol. The molecule has 1 aliphatic rings. The van der Waals surface area contributed by atoms with E-state index in [1.165, 1.54) is 18.4 Å². The van der Waals surface area contributed by atoms with Gasteiger partial charge in [0.1, 0.15) is 5.76 Å². The second kappa shape index (κ2) is 7.08. The first-order valence-electron chi connectivity index (χ1n) is 7.23. The summed E-state index contributed by atoms with van der Waals surface area (Å²) in [5.74, 6) is 1.09. The minimum absolute atomic E-state index is 0.376. The third-order valence-electron chi connectivity index (χ3n) is 3.70. The Hall–Kier alpha value is -0.840. The number of hydrogen-bond donors (Lipinski definition) is 1. The van der Waals surface area contributed by atoms with Gasteiger partial charge in [-0.15, -0.1) is 0 Å². The van der Waals surface area contributed by atoms with Gasteiger partial charge in [0.15, 0.2) is 0 Å². The summed E-state index contributed by atoms with van der Waals surface area (Å²) in [6.45, 7) is 8.24. The third-order valence-corrected chi connectivity index (χ3v) is 3.70. The van der Waals surface area contributed by atoms with Crippen molar-refractivity contribution in [2.75, 3.05) is 20.2 Å². The van der Waals surface area contributed by atoms with Crippen LogP contribution in [0.2, 0.25) is 0 Å². The van der Waals surface area contributed by atoms with Crippen molar-refractivity contribution < 1.29 is 9.15 Å². The van der Waals surface area contributed by atoms with Crippen molar-refractivity contribution in [3.8, 4) is 0 Å². The molecule has 2 heterocycles. The Morgan fingerprint density at radius 1 is 1.53 bits per heavy atom. The van der Waals surface area contributed by atoms with Crippen LogP contribution in [0.3, 0.4) is 0 Å². The van der Waals surface area contributed by atoms with Gasteiger partial charge in [-0.25, -0.2) is 0 Å². The van der Waals surface area contributed by atoms with Crippen molar-refractivity contribution in [3.05, 3.63) is 23.7 Å². The molecule has 1 aromatic rings. The molecule has 1 N–H and O–H groups in total. The highest BCUT2D eigenvalue weighted by atomic mass is 16.5. The molecule has 1 fully saturated rings. The standard InChI is InChI=1S/C15H26N2O2/c1-12(2)16-9-13-6-8-19-15(13)11-17-7-4-5-14(10-17)18-3/h6,8,12,14,16H,4-5,7,9-11H2,1-3H3. The van der Waals surface area contributed by atoms with E-state index in [2.05, 4.69) is 30.1 Å². The molecule has 0 amide bonds. The van der Waals surface area contributed by atoms with Crippen molar-refractivity contribution in [1.29, 1.82) is 0 Å². The lowest BCUT2D eigenvalue weighted by atomic mass is 10.1. The summed E-state index contributed by atoms with van der Waals surface area (Å²) in [6, 6.07) is 2.57. The Bertz CT molecular complexity index is 376. The van der Waals surface area contributed by atoms with Crippen LogP contribution in [0.1, 0.15) is 38.0 Å². The molecule has 19 heavy (non-hydrogen) atoms. The zero-order valence-electron chi connectivity index (χ0n) is 12.3. The van der Waals surface area contributed by atoms with Gasteiger partial charge in [-0.3, -0.25) is 4.90 Å². The van der Waals surface area contributed by atoms with Crippen LogP contribution in [0.15, 0.2) is 16.7 Å². The normalized spacial score (nSPS) is 21.2. The Morgan fingerprint density at radius 2 is 2.37 bits per heavy atom. The lowest BCUT2D eigenvalue weighted by Crippen LogP contribution is -2.38. The van der Waals surface area contributed by atoms with Gasteiger partial charge < -0.3 is 14.5 Å². The van der Waals surface area contributed by atoms with Crippen LogP contribution in [-0.2, 0) is 17.8 Å². The molecule has 0 aliphatic carbocycles. The van der Waals surface area contributed by atoms with Gasteiger partial charge in [0.25, 0.3) is 0 Å². The van der Waals surface area contributed by atoms with Gasteiger partial charge in [-0.05, 0) is 25.5 Å². The van der Waals surface area contributed by atoms with E-state index in [-0.39, 0.29) is 0 Å². The summed E-state index contributed by atoms with van der Waals surface area (Å²) in [5.41, 5.74) is 1.27. The van der Waals surface area contributed by atoms with Crippen molar-refractivity contribution in [3.63, 3.8) is 0 Å². The van der Waals surface area contributed by atoms with Gasteiger partial charge in [0, 0.05) is 31.8 Å². The molecule has 4 heteroatoms. The van der Waals surface area contributed by atoms with E-state index >= 15 is 0 Å². The van der Waals surface area contributed by atoms with Crippen molar-refractivity contribution in [1.82, 2.24) is 10.2 Å². The molecular formula is C15H26N2O2. The maximum Gasteiger partial charge on any atom is 0.122 e. The molecule has 1 aromatic heterocycles. The Balaban J connectivity index is 1.89. The van der Waals surface area contributed by atoms with Crippen LogP contribution in [0.5, 0.6) is 0 Å². The molecular weight excluding hydrogens is 240 g/mol. The van der Waals surface area contributed by atoms with E-state index in [1.54, 1.807) is 13.4 Å². The Morgan fingerprint density at radius 3 is 3.11 bits per heavy atom. The van der Waals surface area contributed by atoms with Crippen molar-refractivity contribution in [2.24, 2.45) is 0 Å². The number of nitrogens with zero attached hydrogens (tertiary/aromatic N) is 1. The van der Waals surface area contributed by atoms with E-state index in [9.17, 15) is 0 Å². The number of ether oxygens (including phenoxy) is 1. The van der Waals surface area contributed by atoms with Crippen molar-refractivity contribution in [2.45, 2.75) is 51.9 Å². The summed E-state index contributed by atoms with van der Waals surface area (Å²) in [5, 5.41) is 3.44. The minimum atomic E-state index is 0.376. The highest BCUT2D eigenvalue weighted by Gasteiger charge is 2.21. The van der Waals surface area contributed by atoms with E-state index in [0.29, 0.717) is 12.1 Å². The molecule has 0 radical (unpaired) electrons. The second-order valence-corrected chi connectivity index (χ2v) is 5.64. The molecule has 1 unspecified atom stereocenters. The monoisotopic (exact) mass is 266 g/mol. The van der Waals surface area contributed by atoms with Gasteiger partial charge >= 0.3 is 0 Å². The summed E-state index contributed by atoms with van der Waals surface area (Å²) in [7, 11) is 1.80. The van der Waals surface area contributed by atoms with Crippen LogP contribution in [0.25, 0.3) is 0 Å². The molecule has 0 saturated carbocycles. The van der Waals surface area contributed by atoms with Gasteiger partial charge in [-0.1, -0.05) is 13.8 Å². The number of likely N-dealkylation sites (tertiary alicyclic amines) is 1. The Labute approximate surface area is 116 Å². The molecule has 1 saturated heterocycles. The van der Waals surface area contributed by atoms with E-state index in [1.807, 2.05) is 0 Å². The van der Waals surface area contributed by atoms with Gasteiger partial charge in [0.05, 0.1) is 18.9 Å². The van der Waals surface area contributed by atoms with Crippen LogP contribution in [0.4, 0.5) is 0 Å². The second-order valence-electron chi connectivity index (χ2n) is 5.64. The number of rotatable bonds is 6. The first-order valence-corrected chi connectivity index (χ1v) is 7.23. The SMILES string of the molecule is COC1CCCN(Cc2occc2CNC(C)C)C1. The molecule has 1 atom stereocenters. The van der Waals surface area contributed by atoms with Crippen molar-refractivity contribution >= 4 is 0 Å². The maximum atomic E-state index is 5.65. The number of nitrogens with one attached hydrogen (secondary N) is 1. The van der Waals surface area contributed by atoms with E-state index < -0.39 is 0 Å². The van der Waals surface area contributed by atoms with Crippen LogP contribution >= 0.6 is 0 Å². The fourth-order valence-corrected chi connectivity index (χ4v) is 2.53. The first-order chi connectivity index (χ1) is 9.19. The van der Waals surface area contributed by atoms with E-state index in [0.717, 1.165) is 31.9 Å². The number of hydrogen-bond acceptors (Lipinski definition) is 4. The van der Waals surface area contributed by atoms with E-state index in [4.69, 9.17) is 9.15 Å². The molecule has 0 aromatic carbocycles. The first kappa shape index (κ1) is 14.6. The molecule has 0 spiro atoms. The average molecular weight is 266 g/mol. The predicted octanol–water partition coefficient (Wildman–Crippen LogP) is 2.39. The zero-order valence-corrected chi connectivity index (χ0v) is 12.3. The fraction of sp³-hybridized carbons (Fsp3) is 0.733. The van der Waals surface area contributed by atoms with Crippen LogP contribution in [-0.4, -0.2) is 37.2 Å². The van der Waals surface area contributed by atoms with Crippen LogP contribution < -0.4 is 5.32 Å². The minimum Gasteiger partial charge on any atom is -0.468 e. The Kier molecular flexibility index (Phi) is 5.43. The molecule has 0 bridgehead atoms. The molecule has 1 aliphatic heterocycles. The summed E-state index contributed by atoms with van der Waals surface area (Å²) < 4.78 is 11.1. The summed E-state index contributed by atoms with van der Waals surface area (Å²) >= 11 is 0. The highest BCUT2D eigenvalue weighted by molar-refractivity contribution is 5.17. The quantitative estimate of drug-likeness (QED) is 0.858. The third kappa shape index (κ3) is 4.34. The molecule has 108 valence electrons. The lowest BCUT2D eigenvalue weighted by molar-refractivity contribution is 0.0262. The lowest BCUT2D eigenvalue weighted by Gasteiger charge is -2.31. The van der Waals surface area contributed by atoms with Gasteiger partial charge in [0.2, 0.25) is 0 Å². The maximum absolute atomic E-state index is 5.65. The van der Waals surface area contributed by atoms with Crippen LogP contribution in [0, 0.1) is 0 Å². The summed E-state index contributed by atoms with van der Waals surface area (Å²) in [6.07, 6.45) is 4.55. The number of methoxy groups -OCH3 is 1. The van der Waals surface area contributed by atoms with Gasteiger partial charge in [-0.2, -0.15) is 0 Å². The fourth-order valence-electron chi connectivity index (χ4n) is 2.53. The zero-order chi connectivity index (χ0) is 13.7. The number of piperidine rings is 1. The summed E-state index contributed by atoms with van der Waals surface area (Å²) in [4.78, 5) is 2.43. The smallest absolute Gasteiger partial charge is 0.122 e.